The Labute approximate surface area is 136 Å². The summed E-state index contributed by atoms with van der Waals surface area (Å²) in [5, 5.41) is 0. The molecular formula is C17H23NO5. The van der Waals surface area contributed by atoms with E-state index in [9.17, 15) is 9.59 Å². The maximum Gasteiger partial charge on any atom is 0.412 e. The number of amides is 1. The molecule has 0 spiro atoms. The second kappa shape index (κ2) is 8.53. The molecule has 1 saturated heterocycles. The first-order valence-electron chi connectivity index (χ1n) is 7.74. The molecule has 0 saturated carbocycles. The molecule has 1 heterocycles. The van der Waals surface area contributed by atoms with E-state index in [4.69, 9.17) is 14.2 Å². The largest absolute Gasteiger partial charge is 0.468 e. The van der Waals surface area contributed by atoms with Gasteiger partial charge in [-0.05, 0) is 24.8 Å². The summed E-state index contributed by atoms with van der Waals surface area (Å²) < 4.78 is 14.9. The molecule has 0 N–H and O–H groups in total. The van der Waals surface area contributed by atoms with Gasteiger partial charge in [-0.25, -0.2) is 4.79 Å². The number of rotatable bonds is 5. The number of nitrogens with zero attached hydrogens (tertiary/aromatic N) is 1. The molecule has 1 amide bonds. The molecule has 0 aromatic heterocycles. The molecule has 0 aliphatic carbocycles. The molecule has 2 atom stereocenters. The number of benzene rings is 1. The lowest BCUT2D eigenvalue weighted by Gasteiger charge is -2.38. The van der Waals surface area contributed by atoms with Gasteiger partial charge >= 0.3 is 12.1 Å². The topological polar surface area (TPSA) is 65.1 Å². The zero-order valence-electron chi connectivity index (χ0n) is 13.6. The van der Waals surface area contributed by atoms with E-state index in [-0.39, 0.29) is 18.8 Å². The normalized spacial score (nSPS) is 19.0. The molecule has 1 aliphatic rings. The average Bonchev–Trinajstić information content (AvgIpc) is 2.61. The molecule has 6 nitrogen and oxygen atoms in total. The van der Waals surface area contributed by atoms with Crippen LogP contribution < -0.4 is 0 Å². The molecule has 1 aromatic rings. The maximum absolute atomic E-state index is 12.4. The summed E-state index contributed by atoms with van der Waals surface area (Å²) in [5.41, 5.74) is 0.843. The molecule has 1 fully saturated rings. The lowest BCUT2D eigenvalue weighted by Crippen LogP contribution is -2.49. The van der Waals surface area contributed by atoms with Gasteiger partial charge in [-0.2, -0.15) is 0 Å². The Morgan fingerprint density at radius 1 is 1.22 bits per heavy atom. The first-order valence-corrected chi connectivity index (χ1v) is 7.74. The number of hydrogen-bond acceptors (Lipinski definition) is 5. The van der Waals surface area contributed by atoms with Gasteiger partial charge in [0.1, 0.15) is 5.92 Å². The number of ether oxygens (including phenoxy) is 3. The third-order valence-corrected chi connectivity index (χ3v) is 4.08. The van der Waals surface area contributed by atoms with Crippen LogP contribution >= 0.6 is 0 Å². The number of hydrogen-bond donors (Lipinski definition) is 0. The van der Waals surface area contributed by atoms with Crippen LogP contribution in [0.5, 0.6) is 0 Å². The van der Waals surface area contributed by atoms with Crippen molar-refractivity contribution in [3.05, 3.63) is 35.9 Å². The van der Waals surface area contributed by atoms with Crippen LogP contribution in [0.2, 0.25) is 0 Å². The highest BCUT2D eigenvalue weighted by Gasteiger charge is 2.39. The maximum atomic E-state index is 12.4. The van der Waals surface area contributed by atoms with Crippen molar-refractivity contribution in [2.24, 2.45) is 0 Å². The van der Waals surface area contributed by atoms with Crippen LogP contribution in [-0.2, 0) is 19.0 Å². The summed E-state index contributed by atoms with van der Waals surface area (Å²) in [5.74, 6) is -0.857. The Hall–Kier alpha value is -2.08. The fourth-order valence-corrected chi connectivity index (χ4v) is 3.03. The van der Waals surface area contributed by atoms with Crippen molar-refractivity contribution >= 4 is 12.1 Å². The number of esters is 1. The van der Waals surface area contributed by atoms with Crippen LogP contribution in [0.4, 0.5) is 4.79 Å². The van der Waals surface area contributed by atoms with Crippen LogP contribution in [-0.4, -0.2) is 50.6 Å². The van der Waals surface area contributed by atoms with Crippen molar-refractivity contribution in [3.8, 4) is 0 Å². The second-order valence-corrected chi connectivity index (χ2v) is 5.48. The molecule has 1 aromatic carbocycles. The third kappa shape index (κ3) is 4.22. The summed E-state index contributed by atoms with van der Waals surface area (Å²) >= 11 is 0. The summed E-state index contributed by atoms with van der Waals surface area (Å²) in [7, 11) is 2.83. The number of likely N-dealkylation sites (tertiary alicyclic amines) is 1. The zero-order valence-corrected chi connectivity index (χ0v) is 13.6. The minimum absolute atomic E-state index is 0.101. The summed E-state index contributed by atoms with van der Waals surface area (Å²) in [6.45, 7) is 0.462. The van der Waals surface area contributed by atoms with Crippen molar-refractivity contribution in [3.63, 3.8) is 0 Å². The van der Waals surface area contributed by atoms with Gasteiger partial charge in [0.05, 0.1) is 13.2 Å². The first kappa shape index (κ1) is 17.3. The summed E-state index contributed by atoms with van der Waals surface area (Å²) in [6, 6.07) is 9.14. The van der Waals surface area contributed by atoms with Crippen molar-refractivity contribution < 1.29 is 23.8 Å². The first-order chi connectivity index (χ1) is 11.2. The van der Waals surface area contributed by atoms with E-state index < -0.39 is 12.0 Å². The molecule has 6 heteroatoms. The fourth-order valence-electron chi connectivity index (χ4n) is 3.03. The highest BCUT2D eigenvalue weighted by Crippen LogP contribution is 2.32. The van der Waals surface area contributed by atoms with Gasteiger partial charge in [-0.1, -0.05) is 30.3 Å². The van der Waals surface area contributed by atoms with E-state index in [1.165, 1.54) is 14.2 Å². The van der Waals surface area contributed by atoms with Crippen LogP contribution in [0.25, 0.3) is 0 Å². The third-order valence-electron chi connectivity index (χ3n) is 4.08. The molecule has 1 aliphatic heterocycles. The van der Waals surface area contributed by atoms with Crippen LogP contribution in [0.1, 0.15) is 30.7 Å². The second-order valence-electron chi connectivity index (χ2n) is 5.48. The Kier molecular flexibility index (Phi) is 6.40. The van der Waals surface area contributed by atoms with Gasteiger partial charge in [0.25, 0.3) is 0 Å². The van der Waals surface area contributed by atoms with Crippen molar-refractivity contribution in [1.82, 2.24) is 4.90 Å². The molecule has 2 rings (SSSR count). The van der Waals surface area contributed by atoms with E-state index in [0.29, 0.717) is 6.54 Å². The van der Waals surface area contributed by atoms with Gasteiger partial charge < -0.3 is 19.1 Å². The highest BCUT2D eigenvalue weighted by molar-refractivity contribution is 5.80. The van der Waals surface area contributed by atoms with Gasteiger partial charge in [0.15, 0.2) is 6.79 Å². The lowest BCUT2D eigenvalue weighted by molar-refractivity contribution is -0.144. The minimum Gasteiger partial charge on any atom is -0.468 e. The van der Waals surface area contributed by atoms with Gasteiger partial charge in [-0.15, -0.1) is 0 Å². The smallest absolute Gasteiger partial charge is 0.412 e. The number of piperidine rings is 1. The zero-order chi connectivity index (χ0) is 16.7. The molecule has 23 heavy (non-hydrogen) atoms. The average molecular weight is 321 g/mol. The molecular weight excluding hydrogens is 298 g/mol. The van der Waals surface area contributed by atoms with Gasteiger partial charge in [0, 0.05) is 13.7 Å². The van der Waals surface area contributed by atoms with E-state index in [2.05, 4.69) is 0 Å². The standard InChI is InChI=1S/C17H23NO5/c1-21-12-23-17(20)18-11-7-6-10-14(18)15(16(19)22-2)13-8-4-3-5-9-13/h3-5,8-9,14-15H,6-7,10-12H2,1-2H3. The lowest BCUT2D eigenvalue weighted by atomic mass is 9.85. The Morgan fingerprint density at radius 3 is 2.61 bits per heavy atom. The quantitative estimate of drug-likeness (QED) is 0.616. The minimum atomic E-state index is -0.517. The Bertz CT molecular complexity index is 519. The Balaban J connectivity index is 2.27. The number of carbonyl (C=O) groups excluding carboxylic acids is 2. The van der Waals surface area contributed by atoms with Crippen molar-refractivity contribution in [1.29, 1.82) is 0 Å². The van der Waals surface area contributed by atoms with Crippen LogP contribution in [0, 0.1) is 0 Å². The van der Waals surface area contributed by atoms with Crippen molar-refractivity contribution in [2.75, 3.05) is 27.6 Å². The Morgan fingerprint density at radius 2 is 1.96 bits per heavy atom. The van der Waals surface area contributed by atoms with Gasteiger partial charge in [0.2, 0.25) is 0 Å². The number of carbonyl (C=O) groups is 2. The van der Waals surface area contributed by atoms with Crippen LogP contribution in [0.15, 0.2) is 30.3 Å². The highest BCUT2D eigenvalue weighted by atomic mass is 16.7. The van der Waals surface area contributed by atoms with Crippen molar-refractivity contribution in [2.45, 2.75) is 31.2 Å². The summed E-state index contributed by atoms with van der Waals surface area (Å²) in [4.78, 5) is 26.3. The van der Waals surface area contributed by atoms with Gasteiger partial charge in [-0.3, -0.25) is 4.79 Å². The molecule has 126 valence electrons. The van der Waals surface area contributed by atoms with E-state index >= 15 is 0 Å². The predicted octanol–water partition coefficient (Wildman–Crippen LogP) is 2.54. The SMILES string of the molecule is COCOC(=O)N1CCCCC1C(C(=O)OC)c1ccccc1. The summed E-state index contributed by atoms with van der Waals surface area (Å²) in [6.07, 6.45) is 2.12. The monoisotopic (exact) mass is 321 g/mol. The fraction of sp³-hybridized carbons (Fsp3) is 0.529. The van der Waals surface area contributed by atoms with E-state index in [1.54, 1.807) is 4.90 Å². The predicted molar refractivity (Wildman–Crippen MR) is 83.9 cm³/mol. The molecule has 0 radical (unpaired) electrons. The van der Waals surface area contributed by atoms with Crippen LogP contribution in [0.3, 0.4) is 0 Å². The van der Waals surface area contributed by atoms with E-state index in [0.717, 1.165) is 24.8 Å². The molecule has 0 bridgehead atoms. The molecule has 2 unspecified atom stereocenters. The number of methoxy groups -OCH3 is 2. The van der Waals surface area contributed by atoms with E-state index in [1.807, 2.05) is 30.3 Å².